The second-order valence-electron chi connectivity index (χ2n) is 10.7. The molecule has 1 aliphatic heterocycles. The van der Waals surface area contributed by atoms with Crippen molar-refractivity contribution in [3.8, 4) is 45.8 Å². The zero-order valence-electron chi connectivity index (χ0n) is 27.1. The zero-order chi connectivity index (χ0) is 33.6. The van der Waals surface area contributed by atoms with Gasteiger partial charge in [0.25, 0.3) is 0 Å². The number of pyridine rings is 1. The lowest BCUT2D eigenvalue weighted by Gasteiger charge is -2.33. The predicted molar refractivity (Wildman–Crippen MR) is 175 cm³/mol. The summed E-state index contributed by atoms with van der Waals surface area (Å²) in [5.74, 6) is 2.10. The number of methoxy groups -OCH3 is 5. The zero-order valence-corrected chi connectivity index (χ0v) is 27.9. The van der Waals surface area contributed by atoms with Crippen LogP contribution in [0.3, 0.4) is 0 Å². The summed E-state index contributed by atoms with van der Waals surface area (Å²) in [6, 6.07) is 9.78. The molecule has 0 aliphatic carbocycles. The summed E-state index contributed by atoms with van der Waals surface area (Å²) in [4.78, 5) is 20.4. The number of nitrogens with zero attached hydrogens (tertiary/aromatic N) is 3. The Kier molecular flexibility index (Phi) is 10.7. The molecule has 5 rings (SSSR count). The van der Waals surface area contributed by atoms with Crippen LogP contribution in [0.4, 0.5) is 0 Å². The highest BCUT2D eigenvalue weighted by Gasteiger charge is 2.29. The number of ether oxygens (including phenoxy) is 6. The van der Waals surface area contributed by atoms with Crippen molar-refractivity contribution in [3.05, 3.63) is 59.0 Å². The first-order valence-corrected chi connectivity index (χ1v) is 16.5. The highest BCUT2D eigenvalue weighted by molar-refractivity contribution is 7.89. The maximum Gasteiger partial charge on any atom is 0.244 e. The SMILES string of the molecule is COc1cc(OC)c2c(=O)c(OCCCCN3CCN(S(=O)(=O)c4cccnc4)CC3)c(-c3cc(OC)c(OC)c(OC)c3)oc2c1. The molecule has 0 spiro atoms. The maximum atomic E-state index is 14.0. The van der Waals surface area contributed by atoms with E-state index in [1.165, 1.54) is 46.1 Å². The monoisotopic (exact) mass is 669 g/mol. The molecule has 14 heteroatoms. The standard InChI is InChI=1S/C33H39N3O10S/c1-40-23-19-25(41-2)29-26(20-23)46-31(22-17-27(42-3)32(44-5)28(18-22)43-4)33(30(29)37)45-16-7-6-11-35-12-14-36(15-13-35)47(38,39)24-9-8-10-34-21-24/h8-10,17-21H,6-7,11-16H2,1-5H3. The van der Waals surface area contributed by atoms with Gasteiger partial charge >= 0.3 is 0 Å². The Bertz CT molecular complexity index is 1830. The molecule has 0 atom stereocenters. The lowest BCUT2D eigenvalue weighted by atomic mass is 10.1. The highest BCUT2D eigenvalue weighted by Crippen LogP contribution is 2.44. The maximum absolute atomic E-state index is 14.0. The molecule has 1 saturated heterocycles. The molecule has 47 heavy (non-hydrogen) atoms. The van der Waals surface area contributed by atoms with Gasteiger partial charge in [-0.1, -0.05) is 0 Å². The van der Waals surface area contributed by atoms with Crippen LogP contribution in [0.2, 0.25) is 0 Å². The summed E-state index contributed by atoms with van der Waals surface area (Å²) in [6.45, 7) is 3.02. The Morgan fingerprint density at radius 3 is 2.13 bits per heavy atom. The summed E-state index contributed by atoms with van der Waals surface area (Å²) in [5.41, 5.74) is 0.335. The quantitative estimate of drug-likeness (QED) is 0.179. The van der Waals surface area contributed by atoms with Gasteiger partial charge in [-0.25, -0.2) is 8.42 Å². The topological polar surface area (TPSA) is 139 Å². The van der Waals surface area contributed by atoms with Gasteiger partial charge in [-0.3, -0.25) is 9.78 Å². The summed E-state index contributed by atoms with van der Waals surface area (Å²) >= 11 is 0. The van der Waals surface area contributed by atoms with Crippen LogP contribution in [0.25, 0.3) is 22.3 Å². The molecule has 0 N–H and O–H groups in total. The summed E-state index contributed by atoms with van der Waals surface area (Å²) in [6.07, 6.45) is 4.34. The van der Waals surface area contributed by atoms with E-state index in [2.05, 4.69) is 9.88 Å². The average Bonchev–Trinajstić information content (AvgIpc) is 3.11. The van der Waals surface area contributed by atoms with Crippen molar-refractivity contribution >= 4 is 21.0 Å². The third-order valence-electron chi connectivity index (χ3n) is 7.99. The molecule has 2 aromatic heterocycles. The number of hydrogen-bond acceptors (Lipinski definition) is 12. The van der Waals surface area contributed by atoms with E-state index in [4.69, 9.17) is 32.8 Å². The third kappa shape index (κ3) is 7.09. The van der Waals surface area contributed by atoms with Crippen LogP contribution in [-0.4, -0.2) is 97.5 Å². The van der Waals surface area contributed by atoms with Crippen molar-refractivity contribution in [2.24, 2.45) is 0 Å². The first kappa shape index (κ1) is 33.8. The van der Waals surface area contributed by atoms with E-state index < -0.39 is 15.5 Å². The van der Waals surface area contributed by atoms with E-state index >= 15 is 0 Å². The van der Waals surface area contributed by atoms with Gasteiger partial charge in [0.15, 0.2) is 17.3 Å². The van der Waals surface area contributed by atoms with E-state index in [1.54, 1.807) is 42.6 Å². The van der Waals surface area contributed by atoms with Crippen molar-refractivity contribution in [2.75, 3.05) is 74.9 Å². The van der Waals surface area contributed by atoms with Gasteiger partial charge in [0.05, 0.1) is 42.2 Å². The summed E-state index contributed by atoms with van der Waals surface area (Å²) < 4.78 is 67.3. The first-order valence-electron chi connectivity index (χ1n) is 15.0. The molecule has 3 heterocycles. The van der Waals surface area contributed by atoms with Gasteiger partial charge in [0.1, 0.15) is 27.4 Å². The Morgan fingerprint density at radius 1 is 0.830 bits per heavy atom. The fourth-order valence-electron chi connectivity index (χ4n) is 5.51. The van der Waals surface area contributed by atoms with Crippen LogP contribution >= 0.6 is 0 Å². The minimum atomic E-state index is -3.57. The minimum Gasteiger partial charge on any atom is -0.496 e. The molecule has 2 aromatic carbocycles. The molecule has 13 nitrogen and oxygen atoms in total. The summed E-state index contributed by atoms with van der Waals surface area (Å²) in [7, 11) is 3.93. The molecule has 0 amide bonds. The molecular weight excluding hydrogens is 630 g/mol. The van der Waals surface area contributed by atoms with E-state index in [-0.39, 0.29) is 34.0 Å². The predicted octanol–water partition coefficient (Wildman–Crippen LogP) is 4.06. The van der Waals surface area contributed by atoms with Crippen LogP contribution in [-0.2, 0) is 10.0 Å². The lowest BCUT2D eigenvalue weighted by Crippen LogP contribution is -2.48. The molecule has 0 radical (unpaired) electrons. The number of fused-ring (bicyclic) bond motifs is 1. The van der Waals surface area contributed by atoms with Crippen LogP contribution in [0.1, 0.15) is 12.8 Å². The fraction of sp³-hybridized carbons (Fsp3) is 0.394. The lowest BCUT2D eigenvalue weighted by molar-refractivity contribution is 0.181. The number of rotatable bonds is 14. The Hall–Kier alpha value is -4.53. The Balaban J connectivity index is 1.33. The number of hydrogen-bond donors (Lipinski definition) is 0. The first-order chi connectivity index (χ1) is 22.7. The number of unbranched alkanes of at least 4 members (excludes halogenated alkanes) is 1. The van der Waals surface area contributed by atoms with Gasteiger partial charge in [-0.05, 0) is 43.7 Å². The molecule has 4 aromatic rings. The fourth-order valence-corrected chi connectivity index (χ4v) is 6.90. The molecular formula is C33H39N3O10S. The molecule has 252 valence electrons. The minimum absolute atomic E-state index is 0.0180. The van der Waals surface area contributed by atoms with Crippen LogP contribution in [0.15, 0.2) is 62.9 Å². The molecule has 1 fully saturated rings. The van der Waals surface area contributed by atoms with E-state index in [0.29, 0.717) is 66.9 Å². The van der Waals surface area contributed by atoms with Crippen LogP contribution in [0, 0.1) is 0 Å². The number of benzene rings is 2. The second-order valence-corrected chi connectivity index (χ2v) is 12.6. The van der Waals surface area contributed by atoms with Gasteiger partial charge in [0, 0.05) is 56.3 Å². The molecule has 1 aliphatic rings. The molecule has 0 saturated carbocycles. The number of aromatic nitrogens is 1. The smallest absolute Gasteiger partial charge is 0.244 e. The number of sulfonamides is 1. The van der Waals surface area contributed by atoms with Crippen LogP contribution in [0.5, 0.6) is 34.5 Å². The number of piperazine rings is 1. The molecule has 0 unspecified atom stereocenters. The van der Waals surface area contributed by atoms with Crippen LogP contribution < -0.4 is 33.8 Å². The summed E-state index contributed by atoms with van der Waals surface area (Å²) in [5, 5.41) is 0.221. The third-order valence-corrected chi connectivity index (χ3v) is 9.87. The van der Waals surface area contributed by atoms with Gasteiger partial charge < -0.3 is 37.7 Å². The van der Waals surface area contributed by atoms with Gasteiger partial charge in [-0.15, -0.1) is 0 Å². The second kappa shape index (κ2) is 14.9. The van der Waals surface area contributed by atoms with E-state index in [1.807, 2.05) is 0 Å². The van der Waals surface area contributed by atoms with Crippen molar-refractivity contribution in [3.63, 3.8) is 0 Å². The van der Waals surface area contributed by atoms with Crippen molar-refractivity contribution < 1.29 is 41.3 Å². The average molecular weight is 670 g/mol. The van der Waals surface area contributed by atoms with Crippen molar-refractivity contribution in [1.29, 1.82) is 0 Å². The largest absolute Gasteiger partial charge is 0.496 e. The van der Waals surface area contributed by atoms with E-state index in [9.17, 15) is 13.2 Å². The van der Waals surface area contributed by atoms with Gasteiger partial charge in [-0.2, -0.15) is 4.31 Å². The van der Waals surface area contributed by atoms with E-state index in [0.717, 1.165) is 13.0 Å². The molecule has 0 bridgehead atoms. The Labute approximate surface area is 273 Å². The van der Waals surface area contributed by atoms with Crippen molar-refractivity contribution in [2.45, 2.75) is 17.7 Å². The normalized spacial score (nSPS) is 14.1. The highest BCUT2D eigenvalue weighted by atomic mass is 32.2. The Morgan fingerprint density at radius 2 is 1.53 bits per heavy atom. The van der Waals surface area contributed by atoms with Gasteiger partial charge in [0.2, 0.25) is 27.0 Å². The van der Waals surface area contributed by atoms with Crippen molar-refractivity contribution in [1.82, 2.24) is 14.2 Å².